The summed E-state index contributed by atoms with van der Waals surface area (Å²) in [6.45, 7) is 9.28. The van der Waals surface area contributed by atoms with E-state index >= 15 is 0 Å². The first-order valence-corrected chi connectivity index (χ1v) is 14.2. The van der Waals surface area contributed by atoms with Crippen LogP contribution in [0.15, 0.2) is 103 Å². The van der Waals surface area contributed by atoms with E-state index in [1.807, 2.05) is 0 Å². The van der Waals surface area contributed by atoms with Crippen molar-refractivity contribution in [2.45, 2.75) is 51.4 Å². The minimum Gasteiger partial charge on any atom is -0.200 e. The first-order valence-electron chi connectivity index (χ1n) is 14.2. The van der Waals surface area contributed by atoms with Crippen LogP contribution >= 0.6 is 0 Å². The van der Waals surface area contributed by atoms with Crippen molar-refractivity contribution < 1.29 is 4.57 Å². The van der Waals surface area contributed by atoms with Gasteiger partial charge >= 0.3 is 0 Å². The van der Waals surface area contributed by atoms with Crippen LogP contribution in [0, 0.1) is 13.8 Å². The molecule has 0 unspecified atom stereocenters. The van der Waals surface area contributed by atoms with Crippen LogP contribution < -0.4 is 4.57 Å². The summed E-state index contributed by atoms with van der Waals surface area (Å²) in [5, 5.41) is 0. The highest BCUT2D eigenvalue weighted by Crippen LogP contribution is 2.62. The highest BCUT2D eigenvalue weighted by Gasteiger charge is 2.53. The largest absolute Gasteiger partial charge is 0.212 e. The Balaban J connectivity index is 1.30. The van der Waals surface area contributed by atoms with Gasteiger partial charge in [0.05, 0.1) is 0 Å². The highest BCUT2D eigenvalue weighted by molar-refractivity contribution is 5.75. The predicted molar refractivity (Wildman–Crippen MR) is 162 cm³/mol. The van der Waals surface area contributed by atoms with Gasteiger partial charge in [-0.25, -0.2) is 4.57 Å². The molecule has 2 aliphatic carbocycles. The van der Waals surface area contributed by atoms with Crippen molar-refractivity contribution >= 4 is 0 Å². The van der Waals surface area contributed by atoms with Gasteiger partial charge in [0.15, 0.2) is 6.20 Å². The summed E-state index contributed by atoms with van der Waals surface area (Å²) < 4.78 is 2.30. The molecule has 0 radical (unpaired) electrons. The minimum absolute atomic E-state index is 0.0192. The van der Waals surface area contributed by atoms with Gasteiger partial charge in [0.25, 0.3) is 0 Å². The molecule has 1 saturated carbocycles. The Hall–Kier alpha value is -3.97. The smallest absolute Gasteiger partial charge is 0.200 e. The van der Waals surface area contributed by atoms with Crippen LogP contribution in [0.4, 0.5) is 0 Å². The number of hydrogen-bond acceptors (Lipinski definition) is 0. The number of hydrogen-bond donors (Lipinski definition) is 0. The molecule has 0 saturated heterocycles. The number of aryl methyl sites for hydroxylation is 3. The summed E-state index contributed by atoms with van der Waals surface area (Å²) in [6.07, 6.45) is 4.83. The molecule has 1 nitrogen and oxygen atoms in total. The molecular weight excluding hydrogens is 470 g/mol. The van der Waals surface area contributed by atoms with Crippen molar-refractivity contribution in [3.8, 4) is 33.5 Å². The number of pyridine rings is 1. The zero-order chi connectivity index (χ0) is 26.9. The van der Waals surface area contributed by atoms with Crippen LogP contribution in [0.5, 0.6) is 0 Å². The van der Waals surface area contributed by atoms with Gasteiger partial charge in [0.2, 0.25) is 5.69 Å². The van der Waals surface area contributed by atoms with E-state index in [0.29, 0.717) is 0 Å². The Morgan fingerprint density at radius 3 is 1.92 bits per heavy atom. The van der Waals surface area contributed by atoms with Crippen molar-refractivity contribution in [1.82, 2.24) is 0 Å². The van der Waals surface area contributed by atoms with Gasteiger partial charge in [-0.05, 0) is 88.9 Å². The van der Waals surface area contributed by atoms with Gasteiger partial charge in [0.1, 0.15) is 7.05 Å². The lowest BCUT2D eigenvalue weighted by atomic mass is 9.63. The number of rotatable bonds is 3. The average molecular weight is 507 g/mol. The SMILES string of the molecule is Cc1cc(-c2ccc(-c3ccccc3)cc2C)[n+](C)cc1-c1ccc2c(c1)C1(CC1)c1ccccc1C2(C)C. The maximum atomic E-state index is 2.52. The Labute approximate surface area is 232 Å². The van der Waals surface area contributed by atoms with Crippen molar-refractivity contribution in [2.24, 2.45) is 7.05 Å². The third-order valence-corrected chi connectivity index (χ3v) is 9.48. The lowest BCUT2D eigenvalue weighted by Gasteiger charge is -2.40. The Morgan fingerprint density at radius 2 is 1.21 bits per heavy atom. The van der Waals surface area contributed by atoms with E-state index in [4.69, 9.17) is 0 Å². The van der Waals surface area contributed by atoms with Crippen LogP contribution in [0.25, 0.3) is 33.5 Å². The van der Waals surface area contributed by atoms with Crippen LogP contribution in [-0.2, 0) is 17.9 Å². The summed E-state index contributed by atoms with van der Waals surface area (Å²) in [7, 11) is 2.18. The molecule has 1 spiro atoms. The van der Waals surface area contributed by atoms with Gasteiger partial charge < -0.3 is 0 Å². The van der Waals surface area contributed by atoms with Gasteiger partial charge in [-0.3, -0.25) is 0 Å². The van der Waals surface area contributed by atoms with Crippen LogP contribution in [0.1, 0.15) is 60.1 Å². The molecule has 7 rings (SSSR count). The molecule has 5 aromatic rings. The summed E-state index contributed by atoms with van der Waals surface area (Å²) in [5.41, 5.74) is 16.6. The molecule has 0 N–H and O–H groups in total. The zero-order valence-electron chi connectivity index (χ0n) is 23.7. The summed E-state index contributed by atoms with van der Waals surface area (Å²) in [6, 6.07) is 36.3. The fraction of sp³-hybridized carbons (Fsp3) is 0.237. The minimum atomic E-state index is 0.0192. The molecule has 2 aliphatic rings. The molecule has 0 aliphatic heterocycles. The third kappa shape index (κ3) is 3.63. The lowest BCUT2D eigenvalue weighted by molar-refractivity contribution is -0.660. The Morgan fingerprint density at radius 1 is 0.564 bits per heavy atom. The third-order valence-electron chi connectivity index (χ3n) is 9.48. The Bertz CT molecular complexity index is 1750. The number of nitrogens with zero attached hydrogens (tertiary/aromatic N) is 1. The molecule has 1 aromatic heterocycles. The van der Waals surface area contributed by atoms with Crippen LogP contribution in [0.2, 0.25) is 0 Å². The molecule has 1 fully saturated rings. The first-order chi connectivity index (χ1) is 18.8. The van der Waals surface area contributed by atoms with E-state index in [9.17, 15) is 0 Å². The van der Waals surface area contributed by atoms with E-state index in [1.165, 1.54) is 68.6 Å². The maximum absolute atomic E-state index is 2.52. The molecule has 4 aromatic carbocycles. The van der Waals surface area contributed by atoms with E-state index in [1.54, 1.807) is 11.1 Å². The van der Waals surface area contributed by atoms with Crippen LogP contribution in [0.3, 0.4) is 0 Å². The van der Waals surface area contributed by atoms with Crippen molar-refractivity contribution in [3.63, 3.8) is 0 Å². The normalized spacial score (nSPS) is 16.0. The Kier molecular flexibility index (Phi) is 5.26. The zero-order valence-corrected chi connectivity index (χ0v) is 23.7. The molecule has 39 heavy (non-hydrogen) atoms. The molecule has 1 heterocycles. The van der Waals surface area contributed by atoms with Crippen molar-refractivity contribution in [1.29, 1.82) is 0 Å². The van der Waals surface area contributed by atoms with E-state index in [-0.39, 0.29) is 10.8 Å². The number of fused-ring (bicyclic) bond motifs is 4. The standard InChI is InChI=1S/C38H36N/c1-25-21-28(27-11-7-6-8-12-27)15-17-30(25)36-22-26(2)31(24-39(36)5)29-16-18-33-35(23-29)38(19-20-38)34-14-10-9-13-32(34)37(33,3)4/h6-18,21-24H,19-20H2,1-5H3/q+1. The number of aromatic nitrogens is 1. The van der Waals surface area contributed by atoms with Gasteiger partial charge in [0, 0.05) is 28.0 Å². The van der Waals surface area contributed by atoms with E-state index < -0.39 is 0 Å². The molecule has 192 valence electrons. The van der Waals surface area contributed by atoms with Gasteiger partial charge in [-0.15, -0.1) is 0 Å². The molecule has 0 bridgehead atoms. The average Bonchev–Trinajstić information content (AvgIpc) is 3.76. The fourth-order valence-electron chi connectivity index (χ4n) is 7.13. The molecule has 0 amide bonds. The monoisotopic (exact) mass is 506 g/mol. The van der Waals surface area contributed by atoms with Crippen molar-refractivity contribution in [2.75, 3.05) is 0 Å². The fourth-order valence-corrected chi connectivity index (χ4v) is 7.13. The lowest BCUT2D eigenvalue weighted by Crippen LogP contribution is -2.33. The van der Waals surface area contributed by atoms with E-state index in [0.717, 1.165) is 0 Å². The van der Waals surface area contributed by atoms with Crippen LogP contribution in [-0.4, -0.2) is 0 Å². The second-order valence-corrected chi connectivity index (χ2v) is 12.3. The summed E-state index contributed by atoms with van der Waals surface area (Å²) in [5.74, 6) is 0. The first kappa shape index (κ1) is 24.1. The molecular formula is C38H36N+. The maximum Gasteiger partial charge on any atom is 0.212 e. The van der Waals surface area contributed by atoms with E-state index in [2.05, 4.69) is 143 Å². The summed E-state index contributed by atoms with van der Waals surface area (Å²) >= 11 is 0. The summed E-state index contributed by atoms with van der Waals surface area (Å²) in [4.78, 5) is 0. The molecule has 1 heteroatoms. The second-order valence-electron chi connectivity index (χ2n) is 12.3. The quantitative estimate of drug-likeness (QED) is 0.215. The predicted octanol–water partition coefficient (Wildman–Crippen LogP) is 8.85. The van der Waals surface area contributed by atoms with Gasteiger partial charge in [-0.1, -0.05) is 92.7 Å². The highest BCUT2D eigenvalue weighted by atomic mass is 14.9. The van der Waals surface area contributed by atoms with Gasteiger partial charge in [-0.2, -0.15) is 0 Å². The topological polar surface area (TPSA) is 3.88 Å². The van der Waals surface area contributed by atoms with Crippen molar-refractivity contribution in [3.05, 3.63) is 137 Å². The second kappa shape index (κ2) is 8.52. The molecule has 0 atom stereocenters. The number of benzene rings is 4.